The number of hydrogen-bond donors (Lipinski definition) is 0. The first-order chi connectivity index (χ1) is 6.74. The fraction of sp³-hybridized carbons (Fsp3) is 0.818. The molecule has 1 rings (SSSR count). The van der Waals surface area contributed by atoms with Crippen LogP contribution in [0, 0.1) is 11.3 Å². The molecule has 3 heteroatoms. The number of carbonyl (C=O) groups excluding carboxylic acids is 1. The number of nitriles is 1. The molecule has 2 atom stereocenters. The van der Waals surface area contributed by atoms with E-state index >= 15 is 0 Å². The highest BCUT2D eigenvalue weighted by molar-refractivity contribution is 5.79. The maximum Gasteiger partial charge on any atom is 0.223 e. The third-order valence-corrected chi connectivity index (χ3v) is 2.87. The highest BCUT2D eigenvalue weighted by Gasteiger charge is 2.34. The van der Waals surface area contributed by atoms with Crippen molar-refractivity contribution in [1.29, 1.82) is 5.26 Å². The number of rotatable bonds is 4. The first-order valence-electron chi connectivity index (χ1n) is 5.45. The van der Waals surface area contributed by atoms with Crippen LogP contribution >= 0.6 is 0 Å². The van der Waals surface area contributed by atoms with Gasteiger partial charge in [-0.1, -0.05) is 20.3 Å². The Hall–Kier alpha value is -1.04. The van der Waals surface area contributed by atoms with E-state index in [2.05, 4.69) is 13.0 Å². The van der Waals surface area contributed by atoms with Gasteiger partial charge >= 0.3 is 0 Å². The van der Waals surface area contributed by atoms with E-state index in [1.807, 2.05) is 11.8 Å². The zero-order valence-corrected chi connectivity index (χ0v) is 8.99. The van der Waals surface area contributed by atoms with Crippen LogP contribution in [0.3, 0.4) is 0 Å². The molecule has 0 aromatic carbocycles. The zero-order chi connectivity index (χ0) is 10.6. The van der Waals surface area contributed by atoms with Crippen molar-refractivity contribution in [2.24, 2.45) is 0 Å². The quantitative estimate of drug-likeness (QED) is 0.687. The Morgan fingerprint density at radius 3 is 2.86 bits per heavy atom. The van der Waals surface area contributed by atoms with Gasteiger partial charge in [-0.15, -0.1) is 0 Å². The molecule has 1 heterocycles. The van der Waals surface area contributed by atoms with Gasteiger partial charge in [0.2, 0.25) is 5.91 Å². The number of amides is 1. The zero-order valence-electron chi connectivity index (χ0n) is 8.99. The molecule has 1 saturated heterocycles. The van der Waals surface area contributed by atoms with Crippen LogP contribution in [-0.2, 0) is 4.79 Å². The highest BCUT2D eigenvalue weighted by atomic mass is 16.2. The smallest absolute Gasteiger partial charge is 0.223 e. The van der Waals surface area contributed by atoms with Crippen LogP contribution in [0.25, 0.3) is 0 Å². The van der Waals surface area contributed by atoms with Crippen molar-refractivity contribution in [3.63, 3.8) is 0 Å². The van der Waals surface area contributed by atoms with Gasteiger partial charge in [0.25, 0.3) is 0 Å². The number of hydrogen-bond acceptors (Lipinski definition) is 2. The minimum atomic E-state index is -0.207. The molecule has 1 amide bonds. The third-order valence-electron chi connectivity index (χ3n) is 2.87. The first kappa shape index (κ1) is 11.0. The lowest BCUT2D eigenvalue weighted by Crippen LogP contribution is -2.40. The molecule has 0 aromatic heterocycles. The summed E-state index contributed by atoms with van der Waals surface area (Å²) in [5.74, 6) is 0.164. The second-order valence-corrected chi connectivity index (χ2v) is 3.84. The topological polar surface area (TPSA) is 44.1 Å². The average molecular weight is 194 g/mol. The van der Waals surface area contributed by atoms with Crippen molar-refractivity contribution in [3.05, 3.63) is 0 Å². The molecule has 2 unspecified atom stereocenters. The highest BCUT2D eigenvalue weighted by Crippen LogP contribution is 2.25. The Morgan fingerprint density at radius 2 is 2.36 bits per heavy atom. The predicted molar refractivity (Wildman–Crippen MR) is 54.5 cm³/mol. The molecule has 0 spiro atoms. The Bertz CT molecular complexity index is 244. The molecule has 14 heavy (non-hydrogen) atoms. The van der Waals surface area contributed by atoms with Crippen molar-refractivity contribution in [3.8, 4) is 6.07 Å². The van der Waals surface area contributed by atoms with Crippen LogP contribution in [0.1, 0.15) is 46.0 Å². The van der Waals surface area contributed by atoms with Gasteiger partial charge in [-0.3, -0.25) is 4.79 Å². The van der Waals surface area contributed by atoms with E-state index in [0.717, 1.165) is 25.7 Å². The summed E-state index contributed by atoms with van der Waals surface area (Å²) in [6.45, 7) is 4.08. The van der Waals surface area contributed by atoms with Crippen LogP contribution < -0.4 is 0 Å². The van der Waals surface area contributed by atoms with Crippen molar-refractivity contribution >= 4 is 5.91 Å². The Kier molecular flexibility index (Phi) is 3.94. The van der Waals surface area contributed by atoms with E-state index < -0.39 is 0 Å². The lowest BCUT2D eigenvalue weighted by atomic mass is 10.1. The van der Waals surface area contributed by atoms with Crippen molar-refractivity contribution in [1.82, 2.24) is 4.90 Å². The number of carbonyl (C=O) groups is 1. The molecular weight excluding hydrogens is 176 g/mol. The van der Waals surface area contributed by atoms with Crippen LogP contribution in [0.4, 0.5) is 0 Å². The van der Waals surface area contributed by atoms with E-state index in [1.165, 1.54) is 0 Å². The van der Waals surface area contributed by atoms with Crippen molar-refractivity contribution in [2.75, 3.05) is 0 Å². The lowest BCUT2D eigenvalue weighted by Gasteiger charge is -2.28. The molecule has 0 bridgehead atoms. The molecule has 0 aromatic rings. The third kappa shape index (κ3) is 2.06. The summed E-state index contributed by atoms with van der Waals surface area (Å²) in [6, 6.07) is 2.33. The van der Waals surface area contributed by atoms with Crippen molar-refractivity contribution < 1.29 is 4.79 Å². The summed E-state index contributed by atoms with van der Waals surface area (Å²) in [4.78, 5) is 13.4. The molecule has 1 aliphatic heterocycles. The van der Waals surface area contributed by atoms with Gasteiger partial charge in [-0.05, 0) is 19.3 Å². The maximum atomic E-state index is 11.6. The minimum Gasteiger partial charge on any atom is -0.324 e. The molecule has 1 fully saturated rings. The van der Waals surface area contributed by atoms with E-state index in [4.69, 9.17) is 5.26 Å². The van der Waals surface area contributed by atoms with Crippen LogP contribution in [0.15, 0.2) is 0 Å². The van der Waals surface area contributed by atoms with E-state index in [-0.39, 0.29) is 11.9 Å². The normalized spacial score (nSPS) is 23.6. The molecule has 0 radical (unpaired) electrons. The summed E-state index contributed by atoms with van der Waals surface area (Å²) in [5.41, 5.74) is 0. The van der Waals surface area contributed by atoms with Gasteiger partial charge in [0.1, 0.15) is 6.04 Å². The maximum absolute atomic E-state index is 11.6. The lowest BCUT2D eigenvalue weighted by molar-refractivity contribution is -0.130. The van der Waals surface area contributed by atoms with Gasteiger partial charge in [-0.2, -0.15) is 5.26 Å². The largest absolute Gasteiger partial charge is 0.324 e. The molecular formula is C11H18N2O. The van der Waals surface area contributed by atoms with Crippen LogP contribution in [-0.4, -0.2) is 22.9 Å². The molecule has 3 nitrogen and oxygen atoms in total. The Balaban J connectivity index is 2.71. The number of nitrogens with zero attached hydrogens (tertiary/aromatic N) is 2. The van der Waals surface area contributed by atoms with Gasteiger partial charge in [0.05, 0.1) is 6.07 Å². The monoisotopic (exact) mass is 194 g/mol. The first-order valence-corrected chi connectivity index (χ1v) is 5.45. The SMILES string of the molecule is CCCC1CCC(=O)N1C(C#N)CC. The summed E-state index contributed by atoms with van der Waals surface area (Å²) < 4.78 is 0. The van der Waals surface area contributed by atoms with E-state index in [0.29, 0.717) is 12.5 Å². The fourth-order valence-corrected chi connectivity index (χ4v) is 2.16. The molecule has 1 aliphatic rings. The second kappa shape index (κ2) is 4.99. The van der Waals surface area contributed by atoms with E-state index in [9.17, 15) is 4.79 Å². The van der Waals surface area contributed by atoms with Gasteiger partial charge < -0.3 is 4.90 Å². The molecule has 0 saturated carbocycles. The Morgan fingerprint density at radius 1 is 1.64 bits per heavy atom. The molecule has 78 valence electrons. The standard InChI is InChI=1S/C11H18N2O/c1-3-5-10-6-7-11(14)13(10)9(4-2)8-12/h9-10H,3-7H2,1-2H3. The van der Waals surface area contributed by atoms with Crippen LogP contribution in [0.5, 0.6) is 0 Å². The summed E-state index contributed by atoms with van der Waals surface area (Å²) in [5, 5.41) is 8.95. The van der Waals surface area contributed by atoms with E-state index in [1.54, 1.807) is 0 Å². The Labute approximate surface area is 85.7 Å². The van der Waals surface area contributed by atoms with Gasteiger partial charge in [-0.25, -0.2) is 0 Å². The summed E-state index contributed by atoms with van der Waals surface area (Å²) >= 11 is 0. The summed E-state index contributed by atoms with van der Waals surface area (Å²) in [7, 11) is 0. The van der Waals surface area contributed by atoms with Crippen molar-refractivity contribution in [2.45, 2.75) is 58.0 Å². The summed E-state index contributed by atoms with van der Waals surface area (Å²) in [6.07, 6.45) is 4.41. The fourth-order valence-electron chi connectivity index (χ4n) is 2.16. The average Bonchev–Trinajstić information content (AvgIpc) is 2.53. The molecule has 0 N–H and O–H groups in total. The second-order valence-electron chi connectivity index (χ2n) is 3.84. The molecule has 0 aliphatic carbocycles. The van der Waals surface area contributed by atoms with Gasteiger partial charge in [0.15, 0.2) is 0 Å². The van der Waals surface area contributed by atoms with Crippen LogP contribution in [0.2, 0.25) is 0 Å². The number of likely N-dealkylation sites (tertiary alicyclic amines) is 1. The minimum absolute atomic E-state index is 0.164. The van der Waals surface area contributed by atoms with Gasteiger partial charge in [0, 0.05) is 12.5 Å². The predicted octanol–water partition coefficient (Wildman–Crippen LogP) is 2.08.